The van der Waals surface area contributed by atoms with Crippen molar-refractivity contribution < 1.29 is 27.2 Å². The van der Waals surface area contributed by atoms with Crippen LogP contribution >= 0.6 is 0 Å². The van der Waals surface area contributed by atoms with Gasteiger partial charge in [0.05, 0.1) is 24.8 Å². The Bertz CT molecular complexity index is 1620. The Hall–Kier alpha value is -4.41. The molecule has 44 heavy (non-hydrogen) atoms. The molecule has 4 aromatic rings. The molecule has 0 spiro atoms. The number of benzene rings is 3. The fraction of sp³-hybridized carbons (Fsp3) is 0.294. The van der Waals surface area contributed by atoms with Gasteiger partial charge in [-0.15, -0.1) is 0 Å². The summed E-state index contributed by atoms with van der Waals surface area (Å²) in [7, 11) is -1.96. The minimum atomic E-state index is -3.56. The third-order valence-electron chi connectivity index (χ3n) is 7.56. The predicted octanol–water partition coefficient (Wildman–Crippen LogP) is 4.62. The number of methoxy groups -OCH3 is 1. The number of aryl methyl sites for hydroxylation is 1. The van der Waals surface area contributed by atoms with E-state index in [9.17, 15) is 18.0 Å². The number of nitrogens with zero attached hydrogens (tertiary/aromatic N) is 1. The van der Waals surface area contributed by atoms with E-state index in [4.69, 9.17) is 9.15 Å². The van der Waals surface area contributed by atoms with E-state index >= 15 is 0 Å². The van der Waals surface area contributed by atoms with Crippen LogP contribution in [0.5, 0.6) is 5.75 Å². The summed E-state index contributed by atoms with van der Waals surface area (Å²) in [6.07, 6.45) is 4.12. The highest BCUT2D eigenvalue weighted by molar-refractivity contribution is 7.89. The van der Waals surface area contributed by atoms with Crippen LogP contribution in [0, 0.1) is 0 Å². The molecule has 3 aromatic carbocycles. The molecule has 1 saturated carbocycles. The zero-order valence-corrected chi connectivity index (χ0v) is 25.5. The van der Waals surface area contributed by atoms with Gasteiger partial charge in [-0.05, 0) is 72.4 Å². The Labute approximate surface area is 258 Å². The molecular weight excluding hydrogens is 578 g/mol. The molecule has 1 atom stereocenters. The van der Waals surface area contributed by atoms with Gasteiger partial charge >= 0.3 is 0 Å². The topological polar surface area (TPSA) is 118 Å². The van der Waals surface area contributed by atoms with E-state index in [1.807, 2.05) is 54.6 Å². The molecule has 5 rings (SSSR count). The van der Waals surface area contributed by atoms with E-state index in [0.29, 0.717) is 24.4 Å². The number of hydrogen-bond acceptors (Lipinski definition) is 6. The van der Waals surface area contributed by atoms with Crippen LogP contribution in [-0.4, -0.2) is 44.3 Å². The molecule has 2 amide bonds. The summed E-state index contributed by atoms with van der Waals surface area (Å²) in [5, 5.41) is 2.95. The van der Waals surface area contributed by atoms with Crippen LogP contribution in [0.2, 0.25) is 0 Å². The van der Waals surface area contributed by atoms with Gasteiger partial charge in [0.2, 0.25) is 21.8 Å². The number of sulfonamides is 1. The lowest BCUT2D eigenvalue weighted by atomic mass is 10.0. The fourth-order valence-corrected chi connectivity index (χ4v) is 6.21. The van der Waals surface area contributed by atoms with Gasteiger partial charge in [0.25, 0.3) is 0 Å². The highest BCUT2D eigenvalue weighted by atomic mass is 32.2. The maximum absolute atomic E-state index is 14.0. The van der Waals surface area contributed by atoms with Crippen molar-refractivity contribution in [3.8, 4) is 5.75 Å². The molecule has 1 fully saturated rings. The van der Waals surface area contributed by atoms with E-state index in [2.05, 4.69) is 10.0 Å². The quantitative estimate of drug-likeness (QED) is 0.202. The Morgan fingerprint density at radius 1 is 0.909 bits per heavy atom. The van der Waals surface area contributed by atoms with Crippen LogP contribution < -0.4 is 14.8 Å². The summed E-state index contributed by atoms with van der Waals surface area (Å²) in [5.41, 5.74) is 2.61. The molecule has 1 aliphatic rings. The standard InChI is InChI=1S/C34H37N3O6S/c1-42-29-16-9-27(10-17-29)24-37(32(22-26-6-3-2-4-7-26)34(39)35-23-30-8-5-21-43-30)33(38)20-13-25-11-18-31(19-12-25)44(40,41)36-28-14-15-28/h2-12,16-19,21,28,32,36H,13-15,20,22-24H2,1H3,(H,35,39)/t32-/m0/s1. The highest BCUT2D eigenvalue weighted by Gasteiger charge is 2.31. The van der Waals surface area contributed by atoms with Crippen LogP contribution in [0.25, 0.3) is 0 Å². The van der Waals surface area contributed by atoms with Crippen molar-refractivity contribution in [2.75, 3.05) is 7.11 Å². The second-order valence-corrected chi connectivity index (χ2v) is 12.6. The lowest BCUT2D eigenvalue weighted by Crippen LogP contribution is -2.50. The number of furan rings is 1. The van der Waals surface area contributed by atoms with Crippen molar-refractivity contribution in [2.45, 2.75) is 62.2 Å². The van der Waals surface area contributed by atoms with Crippen molar-refractivity contribution in [1.29, 1.82) is 0 Å². The number of hydrogen-bond donors (Lipinski definition) is 2. The number of amides is 2. The maximum Gasteiger partial charge on any atom is 0.243 e. The van der Waals surface area contributed by atoms with E-state index in [1.165, 1.54) is 0 Å². The first kappa shape index (κ1) is 31.0. The third-order valence-corrected chi connectivity index (χ3v) is 9.10. The Morgan fingerprint density at radius 3 is 2.25 bits per heavy atom. The first-order valence-electron chi connectivity index (χ1n) is 14.7. The molecule has 0 unspecified atom stereocenters. The normalized spacial score (nSPS) is 13.7. The lowest BCUT2D eigenvalue weighted by Gasteiger charge is -2.31. The zero-order chi connectivity index (χ0) is 30.9. The number of nitrogens with one attached hydrogen (secondary N) is 2. The Morgan fingerprint density at radius 2 is 1.61 bits per heavy atom. The summed E-state index contributed by atoms with van der Waals surface area (Å²) < 4.78 is 38.5. The zero-order valence-electron chi connectivity index (χ0n) is 24.6. The molecule has 230 valence electrons. The number of carbonyl (C=O) groups excluding carboxylic acids is 2. The van der Waals surface area contributed by atoms with Crippen LogP contribution in [0.4, 0.5) is 0 Å². The smallest absolute Gasteiger partial charge is 0.243 e. The maximum atomic E-state index is 14.0. The largest absolute Gasteiger partial charge is 0.497 e. The van der Waals surface area contributed by atoms with Gasteiger partial charge in [0.1, 0.15) is 17.6 Å². The lowest BCUT2D eigenvalue weighted by molar-refractivity contribution is -0.141. The van der Waals surface area contributed by atoms with Gasteiger partial charge in [-0.3, -0.25) is 9.59 Å². The van der Waals surface area contributed by atoms with Gasteiger partial charge in [0, 0.05) is 25.4 Å². The van der Waals surface area contributed by atoms with Crippen molar-refractivity contribution in [3.63, 3.8) is 0 Å². The number of rotatable bonds is 15. The molecule has 0 aliphatic heterocycles. The summed E-state index contributed by atoms with van der Waals surface area (Å²) in [6.45, 7) is 0.422. The molecule has 0 bridgehead atoms. The highest BCUT2D eigenvalue weighted by Crippen LogP contribution is 2.23. The molecule has 9 nitrogen and oxygen atoms in total. The van der Waals surface area contributed by atoms with Crippen molar-refractivity contribution in [2.24, 2.45) is 0 Å². The molecule has 0 radical (unpaired) electrons. The molecule has 0 saturated heterocycles. The van der Waals surface area contributed by atoms with Crippen LogP contribution in [0.3, 0.4) is 0 Å². The van der Waals surface area contributed by atoms with Gasteiger partial charge in [-0.1, -0.05) is 54.6 Å². The minimum Gasteiger partial charge on any atom is -0.497 e. The van der Waals surface area contributed by atoms with Crippen LogP contribution in [-0.2, 0) is 45.5 Å². The predicted molar refractivity (Wildman–Crippen MR) is 166 cm³/mol. The van der Waals surface area contributed by atoms with E-state index in [-0.39, 0.29) is 42.3 Å². The summed E-state index contributed by atoms with van der Waals surface area (Å²) in [4.78, 5) is 29.5. The van der Waals surface area contributed by atoms with Gasteiger partial charge in [-0.2, -0.15) is 0 Å². The molecular formula is C34H37N3O6S. The molecule has 1 aromatic heterocycles. The SMILES string of the molecule is COc1ccc(CN(C(=O)CCc2ccc(S(=O)(=O)NC3CC3)cc2)[C@@H](Cc2ccccc2)C(=O)NCc2ccco2)cc1. The van der Waals surface area contributed by atoms with Crippen LogP contribution in [0.15, 0.2) is 107 Å². The molecule has 1 heterocycles. The van der Waals surface area contributed by atoms with Crippen molar-refractivity contribution in [3.05, 3.63) is 120 Å². The number of ether oxygens (including phenoxy) is 1. The Kier molecular flexibility index (Phi) is 10.1. The van der Waals surface area contributed by atoms with Crippen molar-refractivity contribution >= 4 is 21.8 Å². The molecule has 2 N–H and O–H groups in total. The third kappa shape index (κ3) is 8.58. The monoisotopic (exact) mass is 615 g/mol. The average molecular weight is 616 g/mol. The fourth-order valence-electron chi connectivity index (χ4n) is 4.91. The number of carbonyl (C=O) groups is 2. The average Bonchev–Trinajstić information content (AvgIpc) is 3.69. The van der Waals surface area contributed by atoms with Crippen LogP contribution in [0.1, 0.15) is 41.7 Å². The van der Waals surface area contributed by atoms with E-state index < -0.39 is 16.1 Å². The molecule has 10 heteroatoms. The second-order valence-electron chi connectivity index (χ2n) is 10.9. The van der Waals surface area contributed by atoms with Gasteiger partial charge < -0.3 is 19.4 Å². The Balaban J connectivity index is 1.36. The van der Waals surface area contributed by atoms with E-state index in [1.54, 1.807) is 54.7 Å². The van der Waals surface area contributed by atoms with Gasteiger partial charge in [0.15, 0.2) is 0 Å². The summed E-state index contributed by atoms with van der Waals surface area (Å²) in [5.74, 6) is 0.830. The summed E-state index contributed by atoms with van der Waals surface area (Å²) >= 11 is 0. The van der Waals surface area contributed by atoms with E-state index in [0.717, 1.165) is 29.5 Å². The van der Waals surface area contributed by atoms with Gasteiger partial charge in [-0.25, -0.2) is 13.1 Å². The first-order chi connectivity index (χ1) is 21.3. The second kappa shape index (κ2) is 14.4. The van der Waals surface area contributed by atoms with Crippen molar-refractivity contribution in [1.82, 2.24) is 14.9 Å². The minimum absolute atomic E-state index is 0.0223. The first-order valence-corrected chi connectivity index (χ1v) is 16.2. The molecule has 1 aliphatic carbocycles. The summed E-state index contributed by atoms with van der Waals surface area (Å²) in [6, 6.07) is 26.4.